The number of aromatic nitrogens is 4. The molecule has 0 spiro atoms. The van der Waals surface area contributed by atoms with Crippen molar-refractivity contribution in [1.29, 1.82) is 0 Å². The summed E-state index contributed by atoms with van der Waals surface area (Å²) < 4.78 is 4.42. The molecular formula is C20H22N4S. The minimum Gasteiger partial charge on any atom is -0.331 e. The van der Waals surface area contributed by atoms with Crippen LogP contribution in [-0.2, 0) is 26.9 Å². The van der Waals surface area contributed by atoms with Gasteiger partial charge in [0.25, 0.3) is 0 Å². The molecule has 0 bridgehead atoms. The van der Waals surface area contributed by atoms with Gasteiger partial charge in [-0.25, -0.2) is 9.97 Å². The fraction of sp³-hybridized carbons (Fsp3) is 0.300. The number of para-hydroxylation sites is 4. The molecule has 25 heavy (non-hydrogen) atoms. The van der Waals surface area contributed by atoms with Crippen LogP contribution in [0, 0.1) is 0 Å². The highest BCUT2D eigenvalue weighted by molar-refractivity contribution is 7.99. The molecule has 2 heterocycles. The van der Waals surface area contributed by atoms with E-state index >= 15 is 0 Å². The molecule has 0 saturated heterocycles. The molecule has 0 atom stereocenters. The molecular weight excluding hydrogens is 328 g/mol. The first-order chi connectivity index (χ1) is 12.2. The van der Waals surface area contributed by atoms with Crippen molar-refractivity contribution in [3.05, 3.63) is 60.2 Å². The van der Waals surface area contributed by atoms with Gasteiger partial charge in [0.15, 0.2) is 0 Å². The first-order valence-corrected chi connectivity index (χ1v) is 9.78. The first-order valence-electron chi connectivity index (χ1n) is 8.62. The highest BCUT2D eigenvalue weighted by Gasteiger charge is 2.08. The number of rotatable bonds is 6. The predicted octanol–water partition coefficient (Wildman–Crippen LogP) is 3.98. The lowest BCUT2D eigenvalue weighted by molar-refractivity contribution is 0.826. The van der Waals surface area contributed by atoms with Crippen molar-refractivity contribution in [3.63, 3.8) is 0 Å². The Balaban J connectivity index is 1.33. The molecule has 0 saturated carbocycles. The average molecular weight is 350 g/mol. The Hall–Kier alpha value is -2.27. The number of benzene rings is 2. The van der Waals surface area contributed by atoms with Gasteiger partial charge in [0, 0.05) is 38.4 Å². The summed E-state index contributed by atoms with van der Waals surface area (Å²) >= 11 is 1.97. The summed E-state index contributed by atoms with van der Waals surface area (Å²) in [7, 11) is 4.21. The van der Waals surface area contributed by atoms with Crippen molar-refractivity contribution in [2.24, 2.45) is 14.1 Å². The first kappa shape index (κ1) is 16.2. The molecule has 0 aliphatic heterocycles. The summed E-state index contributed by atoms with van der Waals surface area (Å²) in [6, 6.07) is 16.7. The van der Waals surface area contributed by atoms with E-state index in [2.05, 4.69) is 59.6 Å². The van der Waals surface area contributed by atoms with E-state index < -0.39 is 0 Å². The van der Waals surface area contributed by atoms with E-state index in [0.717, 1.165) is 47.0 Å². The van der Waals surface area contributed by atoms with Crippen molar-refractivity contribution in [1.82, 2.24) is 19.1 Å². The van der Waals surface area contributed by atoms with Crippen LogP contribution in [0.3, 0.4) is 0 Å². The number of nitrogens with zero attached hydrogens (tertiary/aromatic N) is 4. The highest BCUT2D eigenvalue weighted by Crippen LogP contribution is 2.18. The van der Waals surface area contributed by atoms with Gasteiger partial charge in [0.2, 0.25) is 0 Å². The Kier molecular flexibility index (Phi) is 4.49. The maximum atomic E-state index is 4.74. The zero-order chi connectivity index (χ0) is 17.2. The fourth-order valence-electron chi connectivity index (χ4n) is 3.27. The Bertz CT molecular complexity index is 933. The maximum absolute atomic E-state index is 4.74. The second kappa shape index (κ2) is 6.92. The van der Waals surface area contributed by atoms with Crippen LogP contribution in [-0.4, -0.2) is 30.6 Å². The smallest absolute Gasteiger partial charge is 0.110 e. The van der Waals surface area contributed by atoms with E-state index in [1.54, 1.807) is 0 Å². The number of aryl methyl sites for hydroxylation is 4. The number of thioether (sulfide) groups is 1. The van der Waals surface area contributed by atoms with E-state index in [0.29, 0.717) is 0 Å². The van der Waals surface area contributed by atoms with Gasteiger partial charge in [-0.15, -0.1) is 0 Å². The SMILES string of the molecule is Cn1c(CCSCCc2nc3ccccc3n2C)nc2ccccc21. The van der Waals surface area contributed by atoms with E-state index in [-0.39, 0.29) is 0 Å². The normalized spacial score (nSPS) is 11.6. The molecule has 0 radical (unpaired) electrons. The Morgan fingerprint density at radius 1 is 0.720 bits per heavy atom. The quantitative estimate of drug-likeness (QED) is 0.494. The Morgan fingerprint density at radius 2 is 1.16 bits per heavy atom. The lowest BCUT2D eigenvalue weighted by atomic mass is 10.3. The Morgan fingerprint density at radius 3 is 1.60 bits per heavy atom. The molecule has 0 fully saturated rings. The minimum atomic E-state index is 0.998. The van der Waals surface area contributed by atoms with Crippen molar-refractivity contribution >= 4 is 33.8 Å². The van der Waals surface area contributed by atoms with Gasteiger partial charge >= 0.3 is 0 Å². The summed E-state index contributed by atoms with van der Waals surface area (Å²) in [6.07, 6.45) is 2.00. The number of hydrogen-bond acceptors (Lipinski definition) is 3. The third kappa shape index (κ3) is 3.16. The molecule has 4 aromatic rings. The second-order valence-electron chi connectivity index (χ2n) is 6.26. The van der Waals surface area contributed by atoms with E-state index in [1.165, 1.54) is 11.0 Å². The fourth-order valence-corrected chi connectivity index (χ4v) is 4.12. The number of imidazole rings is 2. The van der Waals surface area contributed by atoms with E-state index in [9.17, 15) is 0 Å². The van der Waals surface area contributed by atoms with Crippen LogP contribution in [0.5, 0.6) is 0 Å². The van der Waals surface area contributed by atoms with Gasteiger partial charge in [-0.3, -0.25) is 0 Å². The lowest BCUT2D eigenvalue weighted by Gasteiger charge is -2.04. The maximum Gasteiger partial charge on any atom is 0.110 e. The number of hydrogen-bond donors (Lipinski definition) is 0. The topological polar surface area (TPSA) is 35.6 Å². The van der Waals surface area contributed by atoms with Crippen LogP contribution < -0.4 is 0 Å². The molecule has 0 aliphatic carbocycles. The van der Waals surface area contributed by atoms with Crippen molar-refractivity contribution in [3.8, 4) is 0 Å². The molecule has 128 valence electrons. The zero-order valence-electron chi connectivity index (χ0n) is 14.6. The molecule has 2 aromatic heterocycles. The Labute approximate surface area is 151 Å². The summed E-state index contributed by atoms with van der Waals surface area (Å²) in [4.78, 5) is 9.49. The number of fused-ring (bicyclic) bond motifs is 2. The molecule has 0 amide bonds. The van der Waals surface area contributed by atoms with E-state index in [4.69, 9.17) is 9.97 Å². The summed E-state index contributed by atoms with van der Waals surface area (Å²) in [5.41, 5.74) is 4.60. The average Bonchev–Trinajstić information content (AvgIpc) is 3.13. The van der Waals surface area contributed by atoms with Crippen LogP contribution in [0.4, 0.5) is 0 Å². The third-order valence-corrected chi connectivity index (χ3v) is 5.69. The largest absolute Gasteiger partial charge is 0.331 e. The molecule has 2 aromatic carbocycles. The van der Waals surface area contributed by atoms with Crippen LogP contribution in [0.1, 0.15) is 11.6 Å². The molecule has 0 N–H and O–H groups in total. The van der Waals surface area contributed by atoms with Gasteiger partial charge in [-0.1, -0.05) is 24.3 Å². The standard InChI is InChI=1S/C20H22N4S/c1-23-17-9-5-3-7-15(17)21-19(23)11-13-25-14-12-20-22-16-8-4-6-10-18(16)24(20)2/h3-10H,11-14H2,1-2H3. The van der Waals surface area contributed by atoms with Crippen LogP contribution in [0.15, 0.2) is 48.5 Å². The van der Waals surface area contributed by atoms with Crippen LogP contribution in [0.25, 0.3) is 22.1 Å². The highest BCUT2D eigenvalue weighted by atomic mass is 32.2. The van der Waals surface area contributed by atoms with Crippen LogP contribution >= 0.6 is 11.8 Å². The van der Waals surface area contributed by atoms with Crippen molar-refractivity contribution in [2.75, 3.05) is 11.5 Å². The summed E-state index contributed by atoms with van der Waals surface area (Å²) in [5, 5.41) is 0. The lowest BCUT2D eigenvalue weighted by Crippen LogP contribution is -2.02. The van der Waals surface area contributed by atoms with E-state index in [1.807, 2.05) is 23.9 Å². The second-order valence-corrected chi connectivity index (χ2v) is 7.49. The van der Waals surface area contributed by atoms with Gasteiger partial charge in [0.1, 0.15) is 11.6 Å². The molecule has 5 heteroatoms. The molecule has 4 rings (SSSR count). The zero-order valence-corrected chi connectivity index (χ0v) is 15.5. The summed E-state index contributed by atoms with van der Waals surface area (Å²) in [5.74, 6) is 4.50. The molecule has 0 aliphatic rings. The molecule has 0 unspecified atom stereocenters. The third-order valence-electron chi connectivity index (χ3n) is 4.70. The summed E-state index contributed by atoms with van der Waals surface area (Å²) in [6.45, 7) is 0. The monoisotopic (exact) mass is 350 g/mol. The van der Waals surface area contributed by atoms with Crippen molar-refractivity contribution in [2.45, 2.75) is 12.8 Å². The van der Waals surface area contributed by atoms with Gasteiger partial charge < -0.3 is 9.13 Å². The van der Waals surface area contributed by atoms with Gasteiger partial charge in [0.05, 0.1) is 22.1 Å². The molecule has 4 nitrogen and oxygen atoms in total. The van der Waals surface area contributed by atoms with Crippen molar-refractivity contribution < 1.29 is 0 Å². The predicted molar refractivity (Wildman–Crippen MR) is 106 cm³/mol. The van der Waals surface area contributed by atoms with Crippen LogP contribution in [0.2, 0.25) is 0 Å². The van der Waals surface area contributed by atoms with Gasteiger partial charge in [-0.05, 0) is 24.3 Å². The minimum absolute atomic E-state index is 0.998. The van der Waals surface area contributed by atoms with Gasteiger partial charge in [-0.2, -0.15) is 11.8 Å².